The summed E-state index contributed by atoms with van der Waals surface area (Å²) in [5.41, 5.74) is 4.90. The molecular formula is C16H15NO. The van der Waals surface area contributed by atoms with Crippen LogP contribution in [0.1, 0.15) is 30.4 Å². The van der Waals surface area contributed by atoms with Crippen molar-refractivity contribution in [3.05, 3.63) is 41.0 Å². The van der Waals surface area contributed by atoms with Gasteiger partial charge < -0.3 is 4.74 Å². The van der Waals surface area contributed by atoms with Crippen molar-refractivity contribution in [1.29, 1.82) is 5.26 Å². The summed E-state index contributed by atoms with van der Waals surface area (Å²) in [5, 5.41) is 9.50. The van der Waals surface area contributed by atoms with Crippen molar-refractivity contribution in [3.8, 4) is 6.07 Å². The van der Waals surface area contributed by atoms with E-state index in [1.807, 2.05) is 6.07 Å². The van der Waals surface area contributed by atoms with Crippen LogP contribution in [-0.4, -0.2) is 13.2 Å². The third-order valence-electron chi connectivity index (χ3n) is 4.97. The van der Waals surface area contributed by atoms with E-state index in [1.54, 1.807) is 0 Å². The molecule has 1 saturated heterocycles. The minimum atomic E-state index is 0.258. The molecule has 2 fully saturated rings. The molecule has 3 aliphatic rings. The molecule has 90 valence electrons. The summed E-state index contributed by atoms with van der Waals surface area (Å²) in [7, 11) is 0. The Morgan fingerprint density at radius 3 is 3.06 bits per heavy atom. The summed E-state index contributed by atoms with van der Waals surface area (Å²) in [5.74, 6) is 1.15. The van der Waals surface area contributed by atoms with Gasteiger partial charge in [-0.05, 0) is 40.4 Å². The maximum atomic E-state index is 9.50. The lowest BCUT2D eigenvalue weighted by atomic mass is 9.47. The van der Waals surface area contributed by atoms with Gasteiger partial charge in [0.25, 0.3) is 0 Å². The summed E-state index contributed by atoms with van der Waals surface area (Å²) in [6, 6.07) is 10.8. The molecule has 1 saturated carbocycles. The molecule has 0 radical (unpaired) electrons. The summed E-state index contributed by atoms with van der Waals surface area (Å²) < 4.78 is 5.73. The second-order valence-electron chi connectivity index (χ2n) is 6.03. The van der Waals surface area contributed by atoms with E-state index in [0.717, 1.165) is 17.7 Å². The maximum Gasteiger partial charge on any atom is 0.0998 e. The highest BCUT2D eigenvalue weighted by Gasteiger charge is 2.57. The number of hydrogen-bond donors (Lipinski definition) is 0. The van der Waals surface area contributed by atoms with E-state index in [9.17, 15) is 5.26 Å². The van der Waals surface area contributed by atoms with Crippen LogP contribution in [0.2, 0.25) is 0 Å². The van der Waals surface area contributed by atoms with Gasteiger partial charge in [0.1, 0.15) is 0 Å². The molecule has 2 heteroatoms. The van der Waals surface area contributed by atoms with Gasteiger partial charge in [-0.2, -0.15) is 5.26 Å². The molecule has 1 aromatic rings. The fraction of sp³-hybridized carbons (Fsp3) is 0.438. The van der Waals surface area contributed by atoms with Gasteiger partial charge in [-0.15, -0.1) is 0 Å². The van der Waals surface area contributed by atoms with E-state index >= 15 is 0 Å². The molecule has 4 rings (SSSR count). The largest absolute Gasteiger partial charge is 0.376 e. The molecule has 2 unspecified atom stereocenters. The average Bonchev–Trinajstić information content (AvgIpc) is 2.36. The fourth-order valence-electron chi connectivity index (χ4n) is 4.24. The molecule has 2 nitrogen and oxygen atoms in total. The van der Waals surface area contributed by atoms with Gasteiger partial charge in [-0.1, -0.05) is 31.2 Å². The summed E-state index contributed by atoms with van der Waals surface area (Å²) >= 11 is 0. The molecule has 0 N–H and O–H groups in total. The second-order valence-corrected chi connectivity index (χ2v) is 6.03. The summed E-state index contributed by atoms with van der Waals surface area (Å²) in [6.07, 6.45) is 1.19. The van der Waals surface area contributed by atoms with Gasteiger partial charge in [-0.3, -0.25) is 0 Å². The number of ether oxygens (including phenoxy) is 1. The Hall–Kier alpha value is -1.59. The predicted octanol–water partition coefficient (Wildman–Crippen LogP) is 3.12. The van der Waals surface area contributed by atoms with E-state index in [4.69, 9.17) is 4.74 Å². The molecule has 1 aliphatic heterocycles. The minimum absolute atomic E-state index is 0.258. The molecule has 1 heterocycles. The normalized spacial score (nSPS) is 36.2. The van der Waals surface area contributed by atoms with Crippen LogP contribution in [0.5, 0.6) is 0 Å². The van der Waals surface area contributed by atoms with Crippen molar-refractivity contribution < 1.29 is 4.74 Å². The average molecular weight is 237 g/mol. The van der Waals surface area contributed by atoms with E-state index < -0.39 is 0 Å². The lowest BCUT2D eigenvalue weighted by Crippen LogP contribution is -2.53. The van der Waals surface area contributed by atoms with Crippen LogP contribution < -0.4 is 0 Å². The van der Waals surface area contributed by atoms with Crippen molar-refractivity contribution in [2.45, 2.75) is 19.3 Å². The minimum Gasteiger partial charge on any atom is -0.376 e. The Kier molecular flexibility index (Phi) is 1.86. The highest BCUT2D eigenvalue weighted by Crippen LogP contribution is 2.64. The first kappa shape index (κ1) is 10.3. The van der Waals surface area contributed by atoms with E-state index in [2.05, 4.69) is 31.2 Å². The zero-order chi connectivity index (χ0) is 12.3. The Labute approximate surface area is 107 Å². The number of allylic oxidation sites excluding steroid dienone is 1. The Bertz CT molecular complexity index is 610. The molecular weight excluding hydrogens is 222 g/mol. The smallest absolute Gasteiger partial charge is 0.0998 e. The zero-order valence-corrected chi connectivity index (χ0v) is 10.4. The van der Waals surface area contributed by atoms with E-state index in [1.165, 1.54) is 17.6 Å². The molecule has 0 aromatic heterocycles. The lowest BCUT2D eigenvalue weighted by molar-refractivity contribution is -0.0804. The number of nitrogens with zero attached hydrogens (tertiary/aromatic N) is 1. The van der Waals surface area contributed by atoms with Crippen LogP contribution in [0.25, 0.3) is 5.57 Å². The Morgan fingerprint density at radius 2 is 2.22 bits per heavy atom. The number of hydrogen-bond acceptors (Lipinski definition) is 2. The van der Waals surface area contributed by atoms with Crippen LogP contribution in [0.3, 0.4) is 0 Å². The number of nitriles is 1. The van der Waals surface area contributed by atoms with Crippen LogP contribution in [-0.2, 0) is 4.74 Å². The van der Waals surface area contributed by atoms with Gasteiger partial charge in [-0.25, -0.2) is 0 Å². The number of benzene rings is 1. The first-order valence-electron chi connectivity index (χ1n) is 6.55. The van der Waals surface area contributed by atoms with Gasteiger partial charge in [0.15, 0.2) is 0 Å². The first-order valence-corrected chi connectivity index (χ1v) is 6.55. The van der Waals surface area contributed by atoms with Crippen LogP contribution >= 0.6 is 0 Å². The molecule has 18 heavy (non-hydrogen) atoms. The van der Waals surface area contributed by atoms with Crippen molar-refractivity contribution in [2.24, 2.45) is 11.3 Å². The van der Waals surface area contributed by atoms with Gasteiger partial charge in [0.2, 0.25) is 0 Å². The second kappa shape index (κ2) is 3.24. The van der Waals surface area contributed by atoms with Crippen molar-refractivity contribution in [2.75, 3.05) is 13.2 Å². The first-order chi connectivity index (χ1) is 8.74. The van der Waals surface area contributed by atoms with E-state index in [-0.39, 0.29) is 5.41 Å². The van der Waals surface area contributed by atoms with Gasteiger partial charge >= 0.3 is 0 Å². The highest BCUT2D eigenvalue weighted by molar-refractivity contribution is 5.84. The van der Waals surface area contributed by atoms with Crippen LogP contribution in [0.15, 0.2) is 29.8 Å². The van der Waals surface area contributed by atoms with Crippen molar-refractivity contribution >= 4 is 5.57 Å². The monoisotopic (exact) mass is 237 g/mol. The zero-order valence-electron chi connectivity index (χ0n) is 10.4. The van der Waals surface area contributed by atoms with Gasteiger partial charge in [0.05, 0.1) is 24.9 Å². The molecule has 0 amide bonds. The summed E-state index contributed by atoms with van der Waals surface area (Å²) in [6.45, 7) is 3.79. The third kappa shape index (κ3) is 1.06. The van der Waals surface area contributed by atoms with E-state index in [0.29, 0.717) is 18.4 Å². The standard InChI is InChI=1S/C16H15NO/c1-16-6-12-10-4-2-3-5-11(10)13(7-17)14(15(12)16)8-18-9-16/h2-5,12,15H,6,8-9H2,1H3/t12?,15?,16-/m1/s1. The highest BCUT2D eigenvalue weighted by atomic mass is 16.5. The van der Waals surface area contributed by atoms with Crippen molar-refractivity contribution in [1.82, 2.24) is 0 Å². The lowest BCUT2D eigenvalue weighted by Gasteiger charge is -2.59. The van der Waals surface area contributed by atoms with Crippen LogP contribution in [0, 0.1) is 22.7 Å². The van der Waals surface area contributed by atoms with Crippen molar-refractivity contribution in [3.63, 3.8) is 0 Å². The molecule has 3 atom stereocenters. The summed E-state index contributed by atoms with van der Waals surface area (Å²) in [4.78, 5) is 0. The Balaban J connectivity index is 1.98. The number of fused-ring (bicyclic) bond motifs is 2. The number of rotatable bonds is 0. The Morgan fingerprint density at radius 1 is 1.39 bits per heavy atom. The maximum absolute atomic E-state index is 9.50. The fourth-order valence-corrected chi connectivity index (χ4v) is 4.24. The quantitative estimate of drug-likeness (QED) is 0.694. The third-order valence-corrected chi connectivity index (χ3v) is 4.97. The SMILES string of the molecule is C[C@]12COCC3=C(C#N)c4ccccc4C(C1)C32. The molecule has 0 bridgehead atoms. The molecule has 1 aromatic carbocycles. The predicted molar refractivity (Wildman–Crippen MR) is 68.7 cm³/mol. The molecule has 0 spiro atoms. The topological polar surface area (TPSA) is 33.0 Å². The van der Waals surface area contributed by atoms with Crippen LogP contribution in [0.4, 0.5) is 0 Å². The van der Waals surface area contributed by atoms with Gasteiger partial charge in [0, 0.05) is 0 Å². The molecule has 2 aliphatic carbocycles.